The van der Waals surface area contributed by atoms with E-state index in [-0.39, 0.29) is 0 Å². The molecular formula is C11H14N2O2. The fraction of sp³-hybridized carbons (Fsp3) is 0.455. The summed E-state index contributed by atoms with van der Waals surface area (Å²) in [6.45, 7) is 3.14. The first kappa shape index (κ1) is 8.85. The van der Waals surface area contributed by atoms with Crippen molar-refractivity contribution >= 4 is 5.69 Å². The van der Waals surface area contributed by atoms with E-state index in [4.69, 9.17) is 15.2 Å². The van der Waals surface area contributed by atoms with Crippen molar-refractivity contribution in [3.8, 4) is 11.5 Å². The first-order valence-electron chi connectivity index (χ1n) is 5.23. The third-order valence-electron chi connectivity index (χ3n) is 2.80. The predicted octanol–water partition coefficient (Wildman–Crippen LogP) is 0.605. The second-order valence-electron chi connectivity index (χ2n) is 3.99. The zero-order valence-corrected chi connectivity index (χ0v) is 8.48. The maximum absolute atomic E-state index is 5.75. The van der Waals surface area contributed by atoms with Crippen LogP contribution in [-0.2, 0) is 0 Å². The van der Waals surface area contributed by atoms with Gasteiger partial charge in [-0.3, -0.25) is 0 Å². The maximum atomic E-state index is 5.75. The lowest BCUT2D eigenvalue weighted by atomic mass is 10.1. The van der Waals surface area contributed by atoms with E-state index in [0.29, 0.717) is 19.3 Å². The summed E-state index contributed by atoms with van der Waals surface area (Å²) >= 11 is 0. The van der Waals surface area contributed by atoms with Gasteiger partial charge in [0, 0.05) is 30.9 Å². The van der Waals surface area contributed by atoms with Crippen molar-refractivity contribution in [2.45, 2.75) is 6.04 Å². The Bertz CT molecular complexity index is 375. The number of anilines is 1. The molecule has 0 bridgehead atoms. The molecule has 0 saturated carbocycles. The third kappa shape index (κ3) is 1.51. The Morgan fingerprint density at radius 2 is 1.87 bits per heavy atom. The number of fused-ring (bicyclic) bond motifs is 1. The highest BCUT2D eigenvalue weighted by Gasteiger charge is 2.24. The number of hydrogen-bond donors (Lipinski definition) is 1. The van der Waals surface area contributed by atoms with Crippen LogP contribution in [0.25, 0.3) is 0 Å². The van der Waals surface area contributed by atoms with E-state index in [0.717, 1.165) is 24.6 Å². The molecule has 0 aliphatic carbocycles. The van der Waals surface area contributed by atoms with Gasteiger partial charge >= 0.3 is 0 Å². The van der Waals surface area contributed by atoms with Crippen LogP contribution in [-0.4, -0.2) is 32.3 Å². The molecule has 0 aromatic heterocycles. The minimum atomic E-state index is 0.318. The fourth-order valence-corrected chi connectivity index (χ4v) is 1.95. The highest BCUT2D eigenvalue weighted by molar-refractivity contribution is 5.58. The number of benzene rings is 1. The van der Waals surface area contributed by atoms with E-state index in [1.54, 1.807) is 0 Å². The minimum Gasteiger partial charge on any atom is -0.486 e. The first-order valence-corrected chi connectivity index (χ1v) is 5.23. The SMILES string of the molecule is NC1CN(c2ccc3c(c2)OCCO3)C1. The summed E-state index contributed by atoms with van der Waals surface area (Å²) in [6.07, 6.45) is 0. The topological polar surface area (TPSA) is 47.7 Å². The molecule has 0 amide bonds. The molecule has 15 heavy (non-hydrogen) atoms. The Kier molecular flexibility index (Phi) is 1.95. The Balaban J connectivity index is 1.85. The number of hydrogen-bond acceptors (Lipinski definition) is 4. The smallest absolute Gasteiger partial charge is 0.163 e. The van der Waals surface area contributed by atoms with Crippen molar-refractivity contribution in [1.29, 1.82) is 0 Å². The molecule has 1 aromatic carbocycles. The zero-order valence-electron chi connectivity index (χ0n) is 8.48. The highest BCUT2D eigenvalue weighted by Crippen LogP contribution is 2.34. The normalized spacial score (nSPS) is 19.9. The average Bonchev–Trinajstić information content (AvgIpc) is 2.24. The van der Waals surface area contributed by atoms with Gasteiger partial charge in [-0.25, -0.2) is 0 Å². The molecule has 0 radical (unpaired) electrons. The molecule has 2 N–H and O–H groups in total. The van der Waals surface area contributed by atoms with Crippen LogP contribution in [0.15, 0.2) is 18.2 Å². The van der Waals surface area contributed by atoms with Crippen LogP contribution >= 0.6 is 0 Å². The van der Waals surface area contributed by atoms with Crippen LogP contribution < -0.4 is 20.1 Å². The van der Waals surface area contributed by atoms with Crippen molar-refractivity contribution in [2.75, 3.05) is 31.2 Å². The van der Waals surface area contributed by atoms with Crippen LogP contribution in [0.3, 0.4) is 0 Å². The van der Waals surface area contributed by atoms with Gasteiger partial charge in [0.2, 0.25) is 0 Å². The van der Waals surface area contributed by atoms with E-state index in [9.17, 15) is 0 Å². The summed E-state index contributed by atoms with van der Waals surface area (Å²) < 4.78 is 11.0. The highest BCUT2D eigenvalue weighted by atomic mass is 16.6. The van der Waals surface area contributed by atoms with Gasteiger partial charge in [-0.05, 0) is 12.1 Å². The van der Waals surface area contributed by atoms with Crippen LogP contribution in [0.1, 0.15) is 0 Å². The zero-order chi connectivity index (χ0) is 10.3. The quantitative estimate of drug-likeness (QED) is 0.731. The van der Waals surface area contributed by atoms with Crippen LogP contribution in [0.4, 0.5) is 5.69 Å². The van der Waals surface area contributed by atoms with Crippen molar-refractivity contribution in [2.24, 2.45) is 5.73 Å². The molecule has 2 aliphatic rings. The van der Waals surface area contributed by atoms with Crippen LogP contribution in [0.2, 0.25) is 0 Å². The lowest BCUT2D eigenvalue weighted by molar-refractivity contribution is 0.171. The average molecular weight is 206 g/mol. The number of ether oxygens (including phenoxy) is 2. The Morgan fingerprint density at radius 3 is 2.60 bits per heavy atom. The summed E-state index contributed by atoms with van der Waals surface area (Å²) in [5.74, 6) is 1.69. The maximum Gasteiger partial charge on any atom is 0.163 e. The van der Waals surface area contributed by atoms with E-state index >= 15 is 0 Å². The molecule has 1 aromatic rings. The van der Waals surface area contributed by atoms with Crippen LogP contribution in [0, 0.1) is 0 Å². The minimum absolute atomic E-state index is 0.318. The Morgan fingerprint density at radius 1 is 1.13 bits per heavy atom. The molecule has 4 nitrogen and oxygen atoms in total. The first-order chi connectivity index (χ1) is 7.33. The van der Waals surface area contributed by atoms with Gasteiger partial charge in [0.05, 0.1) is 0 Å². The molecule has 3 rings (SSSR count). The van der Waals surface area contributed by atoms with Gasteiger partial charge in [-0.15, -0.1) is 0 Å². The second kappa shape index (κ2) is 3.31. The second-order valence-corrected chi connectivity index (χ2v) is 3.99. The fourth-order valence-electron chi connectivity index (χ4n) is 1.95. The van der Waals surface area contributed by atoms with Crippen molar-refractivity contribution in [3.63, 3.8) is 0 Å². The Labute approximate surface area is 88.6 Å². The lowest BCUT2D eigenvalue weighted by Crippen LogP contribution is -2.55. The molecule has 4 heteroatoms. The molecule has 2 heterocycles. The summed E-state index contributed by atoms with van der Waals surface area (Å²) in [4.78, 5) is 2.24. The summed E-state index contributed by atoms with van der Waals surface area (Å²) in [7, 11) is 0. The molecule has 0 spiro atoms. The molecule has 1 fully saturated rings. The molecule has 0 atom stereocenters. The molecule has 0 unspecified atom stereocenters. The van der Waals surface area contributed by atoms with Gasteiger partial charge in [-0.1, -0.05) is 0 Å². The number of nitrogens with zero attached hydrogens (tertiary/aromatic N) is 1. The van der Waals surface area contributed by atoms with Crippen molar-refractivity contribution < 1.29 is 9.47 Å². The van der Waals surface area contributed by atoms with Gasteiger partial charge < -0.3 is 20.1 Å². The van der Waals surface area contributed by atoms with Crippen LogP contribution in [0.5, 0.6) is 11.5 Å². The monoisotopic (exact) mass is 206 g/mol. The predicted molar refractivity (Wildman–Crippen MR) is 57.6 cm³/mol. The van der Waals surface area contributed by atoms with Crippen molar-refractivity contribution in [1.82, 2.24) is 0 Å². The molecule has 1 saturated heterocycles. The standard InChI is InChI=1S/C11H14N2O2/c12-8-6-13(7-8)9-1-2-10-11(5-9)15-4-3-14-10/h1-2,5,8H,3-4,6-7,12H2. The summed E-state index contributed by atoms with van der Waals surface area (Å²) in [6, 6.07) is 6.37. The van der Waals surface area contributed by atoms with E-state index in [2.05, 4.69) is 11.0 Å². The third-order valence-corrected chi connectivity index (χ3v) is 2.80. The van der Waals surface area contributed by atoms with E-state index in [1.165, 1.54) is 5.69 Å². The van der Waals surface area contributed by atoms with Gasteiger partial charge in [0.1, 0.15) is 13.2 Å². The van der Waals surface area contributed by atoms with Gasteiger partial charge in [-0.2, -0.15) is 0 Å². The lowest BCUT2D eigenvalue weighted by Gasteiger charge is -2.39. The van der Waals surface area contributed by atoms with Gasteiger partial charge in [0.25, 0.3) is 0 Å². The van der Waals surface area contributed by atoms with E-state index < -0.39 is 0 Å². The molecule has 2 aliphatic heterocycles. The summed E-state index contributed by atoms with van der Waals surface area (Å²) in [5.41, 5.74) is 6.91. The number of rotatable bonds is 1. The van der Waals surface area contributed by atoms with E-state index in [1.807, 2.05) is 12.1 Å². The molecule has 80 valence electrons. The molecular weight excluding hydrogens is 192 g/mol. The summed E-state index contributed by atoms with van der Waals surface area (Å²) in [5, 5.41) is 0. The van der Waals surface area contributed by atoms with Gasteiger partial charge in [0.15, 0.2) is 11.5 Å². The largest absolute Gasteiger partial charge is 0.486 e. The Hall–Kier alpha value is -1.42. The van der Waals surface area contributed by atoms with Crippen molar-refractivity contribution in [3.05, 3.63) is 18.2 Å². The number of nitrogens with two attached hydrogens (primary N) is 1.